The summed E-state index contributed by atoms with van der Waals surface area (Å²) in [7, 11) is 2.29. The molecule has 2 N–H and O–H groups in total. The predicted octanol–water partition coefficient (Wildman–Crippen LogP) is 1.85. The minimum atomic E-state index is 0.632. The molecule has 2 saturated carbocycles. The van der Waals surface area contributed by atoms with Crippen molar-refractivity contribution < 1.29 is 0 Å². The van der Waals surface area contributed by atoms with Gasteiger partial charge in [0, 0.05) is 13.1 Å². The second-order valence-electron chi connectivity index (χ2n) is 5.53. The van der Waals surface area contributed by atoms with E-state index in [1.54, 1.807) is 0 Å². The van der Waals surface area contributed by atoms with Crippen LogP contribution in [-0.4, -0.2) is 31.6 Å². The van der Waals surface area contributed by atoms with Crippen molar-refractivity contribution in [2.24, 2.45) is 17.1 Å². The molecule has 82 valence electrons. The topological polar surface area (TPSA) is 29.3 Å². The van der Waals surface area contributed by atoms with Crippen LogP contribution >= 0.6 is 0 Å². The highest BCUT2D eigenvalue weighted by molar-refractivity contribution is 4.95. The lowest BCUT2D eigenvalue weighted by molar-refractivity contribution is 0.176. The summed E-state index contributed by atoms with van der Waals surface area (Å²) < 4.78 is 0. The van der Waals surface area contributed by atoms with E-state index in [1.807, 2.05) is 0 Å². The van der Waals surface area contributed by atoms with Crippen molar-refractivity contribution in [3.8, 4) is 0 Å². The molecule has 0 heterocycles. The summed E-state index contributed by atoms with van der Waals surface area (Å²) in [6.07, 6.45) is 8.47. The molecule has 0 aliphatic heterocycles. The van der Waals surface area contributed by atoms with Gasteiger partial charge in [-0.1, -0.05) is 6.42 Å². The fourth-order valence-corrected chi connectivity index (χ4v) is 2.72. The third-order valence-corrected chi connectivity index (χ3v) is 4.03. The Morgan fingerprint density at radius 2 is 2.07 bits per heavy atom. The Bertz CT molecular complexity index is 183. The molecule has 14 heavy (non-hydrogen) atoms. The van der Waals surface area contributed by atoms with Crippen LogP contribution in [0.25, 0.3) is 0 Å². The quantitative estimate of drug-likeness (QED) is 0.702. The second-order valence-corrected chi connectivity index (χ2v) is 5.53. The molecule has 0 aromatic carbocycles. The van der Waals surface area contributed by atoms with Gasteiger partial charge in [-0.15, -0.1) is 0 Å². The third-order valence-electron chi connectivity index (χ3n) is 4.03. The zero-order valence-corrected chi connectivity index (χ0v) is 9.47. The van der Waals surface area contributed by atoms with Gasteiger partial charge in [-0.3, -0.25) is 0 Å². The van der Waals surface area contributed by atoms with Crippen LogP contribution in [0.1, 0.15) is 38.5 Å². The van der Waals surface area contributed by atoms with E-state index < -0.39 is 0 Å². The van der Waals surface area contributed by atoms with Crippen LogP contribution in [0.4, 0.5) is 0 Å². The minimum absolute atomic E-state index is 0.632. The maximum Gasteiger partial charge on any atom is 0.00355 e. The van der Waals surface area contributed by atoms with Crippen molar-refractivity contribution in [1.82, 2.24) is 4.90 Å². The molecule has 0 aromatic rings. The van der Waals surface area contributed by atoms with Gasteiger partial charge in [-0.05, 0) is 57.0 Å². The van der Waals surface area contributed by atoms with Gasteiger partial charge in [-0.2, -0.15) is 0 Å². The highest BCUT2D eigenvalue weighted by Gasteiger charge is 2.42. The van der Waals surface area contributed by atoms with E-state index in [4.69, 9.17) is 5.73 Å². The number of hydrogen-bond acceptors (Lipinski definition) is 2. The highest BCUT2D eigenvalue weighted by atomic mass is 15.1. The molecule has 0 atom stereocenters. The predicted molar refractivity (Wildman–Crippen MR) is 60.2 cm³/mol. The number of nitrogens with two attached hydrogens (primary N) is 1. The lowest BCUT2D eigenvalue weighted by Gasteiger charge is -2.32. The Hall–Kier alpha value is -0.0800. The first-order valence-corrected chi connectivity index (χ1v) is 6.13. The second kappa shape index (κ2) is 4.19. The SMILES string of the molecule is CN(CC1CCC1)CC1(CCN)CC1. The summed E-state index contributed by atoms with van der Waals surface area (Å²) in [4.78, 5) is 2.55. The third kappa shape index (κ3) is 2.48. The van der Waals surface area contributed by atoms with Gasteiger partial charge >= 0.3 is 0 Å². The van der Waals surface area contributed by atoms with E-state index in [9.17, 15) is 0 Å². The van der Waals surface area contributed by atoms with Crippen LogP contribution in [0.2, 0.25) is 0 Å². The zero-order valence-electron chi connectivity index (χ0n) is 9.47. The van der Waals surface area contributed by atoms with E-state index in [1.165, 1.54) is 51.6 Å². The lowest BCUT2D eigenvalue weighted by Crippen LogP contribution is -2.34. The molecular formula is C12H24N2. The first-order valence-electron chi connectivity index (χ1n) is 6.13. The molecule has 0 amide bonds. The Morgan fingerprint density at radius 1 is 1.36 bits per heavy atom. The molecule has 0 radical (unpaired) electrons. The average molecular weight is 196 g/mol. The maximum absolute atomic E-state index is 5.65. The minimum Gasteiger partial charge on any atom is -0.330 e. The van der Waals surface area contributed by atoms with E-state index in [2.05, 4.69) is 11.9 Å². The summed E-state index contributed by atoms with van der Waals surface area (Å²) >= 11 is 0. The van der Waals surface area contributed by atoms with Gasteiger partial charge < -0.3 is 10.6 Å². The summed E-state index contributed by atoms with van der Waals surface area (Å²) in [5.41, 5.74) is 6.28. The molecule has 2 aliphatic carbocycles. The van der Waals surface area contributed by atoms with E-state index in [0.29, 0.717) is 5.41 Å². The highest BCUT2D eigenvalue weighted by Crippen LogP contribution is 2.49. The van der Waals surface area contributed by atoms with Crippen LogP contribution < -0.4 is 5.73 Å². The van der Waals surface area contributed by atoms with Crippen LogP contribution in [0, 0.1) is 11.3 Å². The molecule has 2 nitrogen and oxygen atoms in total. The molecule has 0 aromatic heterocycles. The van der Waals surface area contributed by atoms with Gasteiger partial charge in [0.1, 0.15) is 0 Å². The molecule has 0 bridgehead atoms. The molecule has 2 fully saturated rings. The molecule has 2 rings (SSSR count). The molecule has 0 spiro atoms. The Balaban J connectivity index is 1.67. The van der Waals surface area contributed by atoms with Gasteiger partial charge in [0.2, 0.25) is 0 Å². The van der Waals surface area contributed by atoms with Crippen LogP contribution in [-0.2, 0) is 0 Å². The van der Waals surface area contributed by atoms with Crippen molar-refractivity contribution in [2.45, 2.75) is 38.5 Å². The van der Waals surface area contributed by atoms with Gasteiger partial charge in [0.15, 0.2) is 0 Å². The standard InChI is InChI=1S/C12H24N2/c1-14(9-11-3-2-4-11)10-12(5-6-12)7-8-13/h11H,2-10,13H2,1H3. The van der Waals surface area contributed by atoms with Crippen LogP contribution in [0.3, 0.4) is 0 Å². The summed E-state index contributed by atoms with van der Waals surface area (Å²) in [6.45, 7) is 3.49. The molecule has 2 aliphatic rings. The van der Waals surface area contributed by atoms with Gasteiger partial charge in [0.05, 0.1) is 0 Å². The molecular weight excluding hydrogens is 172 g/mol. The number of hydrogen-bond donors (Lipinski definition) is 1. The normalized spacial score (nSPS) is 25.1. The molecule has 2 heteroatoms. The maximum atomic E-state index is 5.65. The average Bonchev–Trinajstić information content (AvgIpc) is 2.78. The fourth-order valence-electron chi connectivity index (χ4n) is 2.72. The smallest absolute Gasteiger partial charge is 0.00355 e. The monoisotopic (exact) mass is 196 g/mol. The summed E-state index contributed by atoms with van der Waals surface area (Å²) in [6, 6.07) is 0. The Kier molecular flexibility index (Phi) is 3.13. The summed E-state index contributed by atoms with van der Waals surface area (Å²) in [5.74, 6) is 1.01. The Morgan fingerprint density at radius 3 is 2.50 bits per heavy atom. The van der Waals surface area contributed by atoms with Gasteiger partial charge in [-0.25, -0.2) is 0 Å². The van der Waals surface area contributed by atoms with Crippen molar-refractivity contribution in [3.05, 3.63) is 0 Å². The summed E-state index contributed by atoms with van der Waals surface area (Å²) in [5, 5.41) is 0. The first-order chi connectivity index (χ1) is 6.74. The first kappa shape index (κ1) is 10.4. The lowest BCUT2D eigenvalue weighted by atomic mass is 9.85. The van der Waals surface area contributed by atoms with E-state index in [0.717, 1.165) is 12.5 Å². The number of rotatable bonds is 6. The zero-order chi connectivity index (χ0) is 10.0. The van der Waals surface area contributed by atoms with E-state index >= 15 is 0 Å². The van der Waals surface area contributed by atoms with Crippen LogP contribution in [0.5, 0.6) is 0 Å². The molecule has 0 unspecified atom stereocenters. The van der Waals surface area contributed by atoms with Gasteiger partial charge in [0.25, 0.3) is 0 Å². The Labute approximate surface area is 87.8 Å². The molecule has 0 saturated heterocycles. The largest absolute Gasteiger partial charge is 0.330 e. The van der Waals surface area contributed by atoms with Crippen molar-refractivity contribution in [3.63, 3.8) is 0 Å². The fraction of sp³-hybridized carbons (Fsp3) is 1.00. The van der Waals surface area contributed by atoms with Crippen LogP contribution in [0.15, 0.2) is 0 Å². The number of nitrogens with zero attached hydrogens (tertiary/aromatic N) is 1. The van der Waals surface area contributed by atoms with Crippen molar-refractivity contribution >= 4 is 0 Å². The van der Waals surface area contributed by atoms with Crippen molar-refractivity contribution in [2.75, 3.05) is 26.7 Å². The van der Waals surface area contributed by atoms with E-state index in [-0.39, 0.29) is 0 Å². The van der Waals surface area contributed by atoms with Crippen molar-refractivity contribution in [1.29, 1.82) is 0 Å².